The average Bonchev–Trinajstić information content (AvgIpc) is 2.84. The maximum absolute atomic E-state index is 11.7. The smallest absolute Gasteiger partial charge is 0.255 e. The van der Waals surface area contributed by atoms with Crippen molar-refractivity contribution in [3.05, 3.63) is 34.2 Å². The fourth-order valence-electron chi connectivity index (χ4n) is 1.87. The van der Waals surface area contributed by atoms with Crippen LogP contribution in [0, 0.1) is 0 Å². The van der Waals surface area contributed by atoms with Crippen molar-refractivity contribution < 1.29 is 9.53 Å². The van der Waals surface area contributed by atoms with E-state index in [0.717, 1.165) is 12.8 Å². The van der Waals surface area contributed by atoms with Gasteiger partial charge in [-0.3, -0.25) is 9.59 Å². The Morgan fingerprint density at radius 2 is 2.47 bits per heavy atom. The maximum atomic E-state index is 11.7. The number of nitrogens with one attached hydrogen (secondary N) is 1. The second-order valence-corrected chi connectivity index (χ2v) is 4.17. The molecule has 1 aromatic rings. The van der Waals surface area contributed by atoms with Crippen molar-refractivity contribution in [2.45, 2.75) is 25.5 Å². The summed E-state index contributed by atoms with van der Waals surface area (Å²) in [6.07, 6.45) is 3.03. The van der Waals surface area contributed by atoms with E-state index < -0.39 is 0 Å². The number of carbonyl (C=O) groups excluding carboxylic acids is 1. The highest BCUT2D eigenvalue weighted by atomic mass is 16.5. The van der Waals surface area contributed by atoms with Gasteiger partial charge in [0.1, 0.15) is 6.10 Å². The van der Waals surface area contributed by atoms with E-state index in [1.807, 2.05) is 0 Å². The Morgan fingerprint density at radius 3 is 3.18 bits per heavy atom. The number of pyridine rings is 1. The first kappa shape index (κ1) is 11.9. The van der Waals surface area contributed by atoms with Crippen LogP contribution in [-0.4, -0.2) is 23.2 Å². The molecule has 5 heteroatoms. The van der Waals surface area contributed by atoms with E-state index in [-0.39, 0.29) is 24.1 Å². The van der Waals surface area contributed by atoms with E-state index >= 15 is 0 Å². The molecule has 17 heavy (non-hydrogen) atoms. The monoisotopic (exact) mass is 236 g/mol. The van der Waals surface area contributed by atoms with Gasteiger partial charge in [0.2, 0.25) is 5.91 Å². The minimum atomic E-state index is -0.345. The highest BCUT2D eigenvalue weighted by Gasteiger charge is 2.23. The largest absolute Gasteiger partial charge is 0.368 e. The highest BCUT2D eigenvalue weighted by Crippen LogP contribution is 2.11. The quantitative estimate of drug-likeness (QED) is 0.814. The molecule has 1 fully saturated rings. The topological polar surface area (TPSA) is 60.3 Å². The van der Waals surface area contributed by atoms with E-state index in [0.29, 0.717) is 12.2 Å². The molecule has 0 bridgehead atoms. The van der Waals surface area contributed by atoms with Gasteiger partial charge in [0.15, 0.2) is 0 Å². The second kappa shape index (κ2) is 5.14. The average molecular weight is 236 g/mol. The van der Waals surface area contributed by atoms with Crippen molar-refractivity contribution >= 4 is 5.91 Å². The lowest BCUT2D eigenvalue weighted by Gasteiger charge is -2.10. The number of nitrogens with zero attached hydrogens (tertiary/aromatic N) is 1. The first-order valence-electron chi connectivity index (χ1n) is 5.72. The summed E-state index contributed by atoms with van der Waals surface area (Å²) < 4.78 is 6.76. The van der Waals surface area contributed by atoms with Crippen LogP contribution in [0.5, 0.6) is 0 Å². The predicted molar refractivity (Wildman–Crippen MR) is 62.5 cm³/mol. The molecule has 1 aromatic heterocycles. The van der Waals surface area contributed by atoms with Gasteiger partial charge in [0, 0.05) is 32.0 Å². The lowest BCUT2D eigenvalue weighted by molar-refractivity contribution is -0.130. The molecule has 1 saturated heterocycles. The summed E-state index contributed by atoms with van der Waals surface area (Å²) in [5.41, 5.74) is 0.501. The molecule has 0 aliphatic carbocycles. The molecular weight excluding hydrogens is 220 g/mol. The number of aromatic nitrogens is 1. The minimum absolute atomic E-state index is 0.0832. The zero-order valence-corrected chi connectivity index (χ0v) is 9.81. The van der Waals surface area contributed by atoms with Crippen LogP contribution in [0.4, 0.5) is 0 Å². The van der Waals surface area contributed by atoms with Gasteiger partial charge in [-0.2, -0.15) is 0 Å². The number of hydrogen-bond donors (Lipinski definition) is 1. The van der Waals surface area contributed by atoms with E-state index in [1.54, 1.807) is 25.4 Å². The van der Waals surface area contributed by atoms with Gasteiger partial charge >= 0.3 is 0 Å². The molecule has 1 N–H and O–H groups in total. The van der Waals surface area contributed by atoms with Gasteiger partial charge in [0.05, 0.1) is 0 Å². The Balaban J connectivity index is 1.95. The van der Waals surface area contributed by atoms with Crippen LogP contribution in [0.3, 0.4) is 0 Å². The summed E-state index contributed by atoms with van der Waals surface area (Å²) in [4.78, 5) is 23.4. The SMILES string of the molecule is Cn1cccc(CNC(=O)C2CCCO2)c1=O. The minimum Gasteiger partial charge on any atom is -0.368 e. The van der Waals surface area contributed by atoms with Crippen molar-refractivity contribution in [1.82, 2.24) is 9.88 Å². The van der Waals surface area contributed by atoms with Gasteiger partial charge < -0.3 is 14.6 Å². The van der Waals surface area contributed by atoms with Crippen LogP contribution >= 0.6 is 0 Å². The Labute approximate surface area is 99.4 Å². The summed E-state index contributed by atoms with van der Waals surface area (Å²) in [6, 6.07) is 3.51. The first-order valence-corrected chi connectivity index (χ1v) is 5.72. The van der Waals surface area contributed by atoms with Gasteiger partial charge in [-0.25, -0.2) is 0 Å². The Morgan fingerprint density at radius 1 is 1.65 bits per heavy atom. The van der Waals surface area contributed by atoms with Crippen molar-refractivity contribution in [3.8, 4) is 0 Å². The molecule has 1 aliphatic heterocycles. The van der Waals surface area contributed by atoms with E-state index in [2.05, 4.69) is 5.32 Å². The molecule has 1 atom stereocenters. The van der Waals surface area contributed by atoms with Crippen LogP contribution in [0.2, 0.25) is 0 Å². The highest BCUT2D eigenvalue weighted by molar-refractivity contribution is 5.80. The maximum Gasteiger partial charge on any atom is 0.255 e. The Bertz CT molecular complexity index is 461. The fraction of sp³-hybridized carbons (Fsp3) is 0.500. The molecule has 2 rings (SSSR count). The molecule has 0 aromatic carbocycles. The van der Waals surface area contributed by atoms with Gasteiger partial charge in [-0.05, 0) is 18.9 Å². The van der Waals surface area contributed by atoms with Crippen LogP contribution in [0.1, 0.15) is 18.4 Å². The first-order chi connectivity index (χ1) is 8.18. The Hall–Kier alpha value is -1.62. The van der Waals surface area contributed by atoms with Gasteiger partial charge in [-0.15, -0.1) is 0 Å². The van der Waals surface area contributed by atoms with E-state index in [4.69, 9.17) is 4.74 Å². The third-order valence-corrected chi connectivity index (χ3v) is 2.88. The van der Waals surface area contributed by atoms with Crippen LogP contribution < -0.4 is 10.9 Å². The van der Waals surface area contributed by atoms with Crippen molar-refractivity contribution in [2.24, 2.45) is 7.05 Å². The lowest BCUT2D eigenvalue weighted by Crippen LogP contribution is -2.35. The van der Waals surface area contributed by atoms with Crippen molar-refractivity contribution in [2.75, 3.05) is 6.61 Å². The van der Waals surface area contributed by atoms with Gasteiger partial charge in [0.25, 0.3) is 5.56 Å². The third kappa shape index (κ3) is 2.74. The third-order valence-electron chi connectivity index (χ3n) is 2.88. The summed E-state index contributed by atoms with van der Waals surface area (Å²) in [5, 5.41) is 2.73. The molecule has 92 valence electrons. The summed E-state index contributed by atoms with van der Waals surface area (Å²) >= 11 is 0. The predicted octanol–water partition coefficient (Wildman–Crippen LogP) is 0.180. The number of rotatable bonds is 3. The van der Waals surface area contributed by atoms with Crippen LogP contribution in [0.15, 0.2) is 23.1 Å². The molecule has 0 saturated carbocycles. The molecule has 2 heterocycles. The number of ether oxygens (including phenoxy) is 1. The molecule has 1 aliphatic rings. The molecule has 0 spiro atoms. The summed E-state index contributed by atoms with van der Waals surface area (Å²) in [6.45, 7) is 0.900. The zero-order valence-electron chi connectivity index (χ0n) is 9.81. The van der Waals surface area contributed by atoms with Crippen LogP contribution in [-0.2, 0) is 23.1 Å². The molecule has 1 unspecified atom stereocenters. The number of amides is 1. The fourth-order valence-corrected chi connectivity index (χ4v) is 1.87. The standard InChI is InChI=1S/C12H16N2O3/c1-14-6-2-4-9(12(14)16)8-13-11(15)10-5-3-7-17-10/h2,4,6,10H,3,5,7-8H2,1H3,(H,13,15). The van der Waals surface area contributed by atoms with E-state index in [1.165, 1.54) is 4.57 Å². The number of hydrogen-bond acceptors (Lipinski definition) is 3. The summed E-state index contributed by atoms with van der Waals surface area (Å²) in [5.74, 6) is -0.131. The Kier molecular flexibility index (Phi) is 3.58. The van der Waals surface area contributed by atoms with Crippen molar-refractivity contribution in [3.63, 3.8) is 0 Å². The van der Waals surface area contributed by atoms with E-state index in [9.17, 15) is 9.59 Å². The second-order valence-electron chi connectivity index (χ2n) is 4.17. The summed E-state index contributed by atoms with van der Waals surface area (Å²) in [7, 11) is 1.69. The van der Waals surface area contributed by atoms with Gasteiger partial charge in [-0.1, -0.05) is 6.07 Å². The number of aryl methyl sites for hydroxylation is 1. The zero-order chi connectivity index (χ0) is 12.3. The normalized spacial score (nSPS) is 19.2. The molecule has 5 nitrogen and oxygen atoms in total. The molecule has 1 amide bonds. The molecule has 0 radical (unpaired) electrons. The lowest BCUT2D eigenvalue weighted by atomic mass is 10.2. The van der Waals surface area contributed by atoms with Crippen molar-refractivity contribution in [1.29, 1.82) is 0 Å². The number of carbonyl (C=O) groups is 1. The molecular formula is C12H16N2O3. The van der Waals surface area contributed by atoms with Crippen LogP contribution in [0.25, 0.3) is 0 Å².